The van der Waals surface area contributed by atoms with Gasteiger partial charge in [0, 0.05) is 10.9 Å². The van der Waals surface area contributed by atoms with E-state index in [1.54, 1.807) is 25.1 Å². The van der Waals surface area contributed by atoms with Crippen LogP contribution in [0.5, 0.6) is 0 Å². The molecule has 0 aliphatic rings. The highest BCUT2D eigenvalue weighted by molar-refractivity contribution is 9.08. The number of carbonyl (C=O) groups is 2. The molecule has 0 aliphatic carbocycles. The zero-order chi connectivity index (χ0) is 13.0. The number of ketones is 1. The number of alkyl halides is 2. The second-order valence-corrected chi connectivity index (χ2v) is 4.69. The summed E-state index contributed by atoms with van der Waals surface area (Å²) < 4.78 is 4.62. The summed E-state index contributed by atoms with van der Waals surface area (Å²) in [5.41, 5.74) is 1.67. The summed E-state index contributed by atoms with van der Waals surface area (Å²) in [6, 6.07) is 4.79. The molecule has 1 aromatic rings. The van der Waals surface area contributed by atoms with E-state index in [0.29, 0.717) is 16.5 Å². The van der Waals surface area contributed by atoms with Crippen molar-refractivity contribution < 1.29 is 14.3 Å². The number of benzene rings is 1. The van der Waals surface area contributed by atoms with Gasteiger partial charge in [-0.25, -0.2) is 4.79 Å². The lowest BCUT2D eigenvalue weighted by molar-refractivity contribution is 0.0600. The fraction of sp³-hybridized carbons (Fsp3) is 0.333. The largest absolute Gasteiger partial charge is 0.465 e. The van der Waals surface area contributed by atoms with E-state index in [1.165, 1.54) is 7.11 Å². The maximum absolute atomic E-state index is 11.8. The lowest BCUT2D eigenvalue weighted by Crippen LogP contribution is -2.13. The van der Waals surface area contributed by atoms with Crippen molar-refractivity contribution in [3.63, 3.8) is 0 Å². The molecule has 1 unspecified atom stereocenters. The lowest BCUT2D eigenvalue weighted by atomic mass is 10.0. The van der Waals surface area contributed by atoms with Crippen LogP contribution in [0.15, 0.2) is 18.2 Å². The second kappa shape index (κ2) is 6.17. The van der Waals surface area contributed by atoms with Crippen LogP contribution in [-0.4, -0.2) is 24.2 Å². The number of halogens is 2. The topological polar surface area (TPSA) is 43.4 Å². The molecule has 0 aromatic heterocycles. The van der Waals surface area contributed by atoms with Crippen molar-refractivity contribution in [1.29, 1.82) is 0 Å². The molecule has 0 bridgehead atoms. The molecule has 0 saturated heterocycles. The minimum Gasteiger partial charge on any atom is -0.465 e. The van der Waals surface area contributed by atoms with E-state index in [4.69, 9.17) is 11.6 Å². The average molecular weight is 320 g/mol. The molecular weight excluding hydrogens is 307 g/mol. The number of carbonyl (C=O) groups excluding carboxylic acids is 2. The summed E-state index contributed by atoms with van der Waals surface area (Å²) in [6.45, 7) is 1.62. The number of methoxy groups -OCH3 is 1. The lowest BCUT2D eigenvalue weighted by Gasteiger charge is -2.09. The maximum Gasteiger partial charge on any atom is 0.337 e. The van der Waals surface area contributed by atoms with Crippen LogP contribution >= 0.6 is 27.5 Å². The summed E-state index contributed by atoms with van der Waals surface area (Å²) in [6.07, 6.45) is 0. The Labute approximate surface area is 113 Å². The van der Waals surface area contributed by atoms with Crippen molar-refractivity contribution in [2.45, 2.75) is 17.6 Å². The Bertz CT molecular complexity index is 443. The molecule has 0 N–H and O–H groups in total. The Morgan fingerprint density at radius 2 is 2.12 bits per heavy atom. The van der Waals surface area contributed by atoms with E-state index >= 15 is 0 Å². The minimum absolute atomic E-state index is 0.155. The molecule has 0 heterocycles. The standard InChI is InChI=1S/C12H12BrClO3/c1-7(14)11(15)10-4-3-8(12(16)17-2)5-9(10)6-13/h3-5,7H,6H2,1-2H3. The van der Waals surface area contributed by atoms with Gasteiger partial charge in [-0.1, -0.05) is 22.0 Å². The first kappa shape index (κ1) is 14.2. The highest BCUT2D eigenvalue weighted by Gasteiger charge is 2.17. The fourth-order valence-electron chi connectivity index (χ4n) is 1.40. The van der Waals surface area contributed by atoms with Gasteiger partial charge < -0.3 is 4.74 Å². The molecule has 92 valence electrons. The van der Waals surface area contributed by atoms with Gasteiger partial charge in [0.05, 0.1) is 18.1 Å². The van der Waals surface area contributed by atoms with E-state index in [0.717, 1.165) is 5.56 Å². The first-order valence-corrected chi connectivity index (χ1v) is 6.52. The third kappa shape index (κ3) is 3.30. The van der Waals surface area contributed by atoms with Crippen LogP contribution in [-0.2, 0) is 10.1 Å². The molecule has 5 heteroatoms. The number of ether oxygens (including phenoxy) is 1. The quantitative estimate of drug-likeness (QED) is 0.486. The molecule has 0 aliphatic heterocycles. The van der Waals surface area contributed by atoms with Crippen LogP contribution in [0.4, 0.5) is 0 Å². The summed E-state index contributed by atoms with van der Waals surface area (Å²) >= 11 is 9.05. The fourth-order valence-corrected chi connectivity index (χ4v) is 1.99. The monoisotopic (exact) mass is 318 g/mol. The highest BCUT2D eigenvalue weighted by atomic mass is 79.9. The van der Waals surface area contributed by atoms with Gasteiger partial charge in [0.15, 0.2) is 5.78 Å². The van der Waals surface area contributed by atoms with Gasteiger partial charge in [0.1, 0.15) is 0 Å². The Hall–Kier alpha value is -0.870. The number of hydrogen-bond donors (Lipinski definition) is 0. The molecular formula is C12H12BrClO3. The van der Waals surface area contributed by atoms with Crippen molar-refractivity contribution in [1.82, 2.24) is 0 Å². The third-order valence-electron chi connectivity index (χ3n) is 2.30. The summed E-state index contributed by atoms with van der Waals surface area (Å²) in [4.78, 5) is 23.2. The van der Waals surface area contributed by atoms with Crippen molar-refractivity contribution in [3.05, 3.63) is 34.9 Å². The van der Waals surface area contributed by atoms with Gasteiger partial charge in [0.2, 0.25) is 0 Å². The summed E-state index contributed by atoms with van der Waals surface area (Å²) in [5.74, 6) is -0.581. The minimum atomic E-state index is -0.586. The Kier molecular flexibility index (Phi) is 5.15. The first-order valence-electron chi connectivity index (χ1n) is 4.96. The average Bonchev–Trinajstić information content (AvgIpc) is 2.35. The molecule has 17 heavy (non-hydrogen) atoms. The number of rotatable bonds is 4. The molecule has 1 atom stereocenters. The van der Waals surface area contributed by atoms with Gasteiger partial charge in [-0.05, 0) is 24.6 Å². The Morgan fingerprint density at radius 1 is 1.47 bits per heavy atom. The van der Waals surface area contributed by atoms with Crippen molar-refractivity contribution in [2.75, 3.05) is 7.11 Å². The molecule has 0 saturated carbocycles. The number of Topliss-reactive ketones (excluding diaryl/α,β-unsaturated/α-hetero) is 1. The van der Waals surface area contributed by atoms with Crippen LogP contribution in [0.3, 0.4) is 0 Å². The van der Waals surface area contributed by atoms with E-state index in [2.05, 4.69) is 20.7 Å². The highest BCUT2D eigenvalue weighted by Crippen LogP contribution is 2.19. The van der Waals surface area contributed by atoms with Gasteiger partial charge >= 0.3 is 5.97 Å². The van der Waals surface area contributed by atoms with Crippen LogP contribution in [0, 0.1) is 0 Å². The van der Waals surface area contributed by atoms with Gasteiger partial charge in [-0.15, -0.1) is 11.6 Å². The molecule has 0 radical (unpaired) electrons. The number of hydrogen-bond acceptors (Lipinski definition) is 3. The Balaban J connectivity index is 3.18. The van der Waals surface area contributed by atoms with Crippen LogP contribution < -0.4 is 0 Å². The van der Waals surface area contributed by atoms with Crippen LogP contribution in [0.2, 0.25) is 0 Å². The SMILES string of the molecule is COC(=O)c1ccc(C(=O)C(C)Cl)c(CBr)c1. The zero-order valence-electron chi connectivity index (χ0n) is 9.50. The first-order chi connectivity index (χ1) is 8.01. The molecule has 3 nitrogen and oxygen atoms in total. The maximum atomic E-state index is 11.8. The van der Waals surface area contributed by atoms with Crippen molar-refractivity contribution in [2.24, 2.45) is 0 Å². The van der Waals surface area contributed by atoms with Gasteiger partial charge in [0.25, 0.3) is 0 Å². The van der Waals surface area contributed by atoms with E-state index in [9.17, 15) is 9.59 Å². The van der Waals surface area contributed by atoms with Gasteiger partial charge in [-0.3, -0.25) is 4.79 Å². The molecule has 1 aromatic carbocycles. The molecule has 1 rings (SSSR count). The number of esters is 1. The molecule has 0 amide bonds. The van der Waals surface area contributed by atoms with Crippen molar-refractivity contribution >= 4 is 39.3 Å². The van der Waals surface area contributed by atoms with E-state index < -0.39 is 11.3 Å². The molecule has 0 fully saturated rings. The summed E-state index contributed by atoms with van der Waals surface area (Å²) in [5, 5.41) is -0.112. The van der Waals surface area contributed by atoms with E-state index in [-0.39, 0.29) is 5.78 Å². The van der Waals surface area contributed by atoms with Gasteiger partial charge in [-0.2, -0.15) is 0 Å². The molecule has 0 spiro atoms. The second-order valence-electron chi connectivity index (χ2n) is 3.48. The predicted octanol–water partition coefficient (Wildman–Crippen LogP) is 3.18. The third-order valence-corrected chi connectivity index (χ3v) is 3.10. The van der Waals surface area contributed by atoms with Crippen molar-refractivity contribution in [3.8, 4) is 0 Å². The summed E-state index contributed by atoms with van der Waals surface area (Å²) in [7, 11) is 1.32. The van der Waals surface area contributed by atoms with Crippen LogP contribution in [0.25, 0.3) is 0 Å². The van der Waals surface area contributed by atoms with Crippen LogP contribution in [0.1, 0.15) is 33.2 Å². The predicted molar refractivity (Wildman–Crippen MR) is 70.1 cm³/mol. The zero-order valence-corrected chi connectivity index (χ0v) is 11.8. The smallest absolute Gasteiger partial charge is 0.337 e. The normalized spacial score (nSPS) is 12.0. The van der Waals surface area contributed by atoms with E-state index in [1.807, 2.05) is 0 Å². The Morgan fingerprint density at radius 3 is 2.59 bits per heavy atom.